The Morgan fingerprint density at radius 3 is 2.71 bits per heavy atom. The first-order valence-electron chi connectivity index (χ1n) is 5.97. The number of hydrogen-bond acceptors (Lipinski definition) is 5. The molecule has 0 saturated carbocycles. The molecule has 0 atom stereocenters. The van der Waals surface area contributed by atoms with Crippen LogP contribution < -0.4 is 5.32 Å². The molecular weight excluding hydrogens is 328 g/mol. The number of rotatable bonds is 6. The van der Waals surface area contributed by atoms with Crippen LogP contribution in [0.25, 0.3) is 0 Å². The van der Waals surface area contributed by atoms with Gasteiger partial charge in [0.2, 0.25) is 0 Å². The minimum Gasteiger partial charge on any atom is -0.448 e. The van der Waals surface area contributed by atoms with E-state index in [0.29, 0.717) is 17.9 Å². The summed E-state index contributed by atoms with van der Waals surface area (Å²) in [5, 5.41) is 1.86. The van der Waals surface area contributed by atoms with Crippen molar-refractivity contribution in [3.63, 3.8) is 0 Å². The van der Waals surface area contributed by atoms with Crippen LogP contribution >= 0.6 is 22.9 Å². The number of nitrogens with zero attached hydrogens (tertiary/aromatic N) is 2. The molecule has 0 unspecified atom stereocenters. The molecule has 1 rings (SSSR count). The first-order chi connectivity index (χ1) is 9.86. The third-order valence-electron chi connectivity index (χ3n) is 2.40. The minimum absolute atomic E-state index is 0.0320. The van der Waals surface area contributed by atoms with E-state index in [0.717, 1.165) is 0 Å². The van der Waals surface area contributed by atoms with Gasteiger partial charge in [0.25, 0.3) is 12.3 Å². The normalized spacial score (nSPS) is 10.6. The monoisotopic (exact) mass is 341 g/mol. The number of carbonyl (C=O) groups excluding carboxylic acids is 2. The maximum atomic E-state index is 12.5. The number of amides is 2. The molecule has 0 radical (unpaired) electrons. The number of thiazole rings is 1. The van der Waals surface area contributed by atoms with Crippen molar-refractivity contribution in [2.45, 2.75) is 13.3 Å². The molecule has 10 heteroatoms. The second kappa shape index (κ2) is 8.08. The zero-order valence-electron chi connectivity index (χ0n) is 11.4. The molecule has 118 valence electrons. The summed E-state index contributed by atoms with van der Waals surface area (Å²) in [6.45, 7) is 2.30. The van der Waals surface area contributed by atoms with E-state index in [9.17, 15) is 18.4 Å². The average Bonchev–Trinajstić information content (AvgIpc) is 2.84. The van der Waals surface area contributed by atoms with E-state index in [1.165, 1.54) is 4.90 Å². The molecule has 1 aromatic heterocycles. The third kappa shape index (κ3) is 5.09. The molecule has 6 nitrogen and oxygen atoms in total. The topological polar surface area (TPSA) is 71.5 Å². The Morgan fingerprint density at radius 2 is 2.19 bits per heavy atom. The maximum absolute atomic E-state index is 12.5. The van der Waals surface area contributed by atoms with Crippen molar-refractivity contribution in [1.82, 2.24) is 15.2 Å². The predicted octanol–water partition coefficient (Wildman–Crippen LogP) is 2.55. The summed E-state index contributed by atoms with van der Waals surface area (Å²) in [5.74, 6) is -0.645. The Morgan fingerprint density at radius 1 is 1.52 bits per heavy atom. The van der Waals surface area contributed by atoms with Gasteiger partial charge >= 0.3 is 6.09 Å². The standard InChI is InChI=1S/C11H14ClF2N3O3S/c1-3-17(2)11(19)20-5-4-15-9(18)10-16-7(12)6(21-10)8(13)14/h8H,3-5H2,1-2H3,(H,15,18). The number of nitrogens with one attached hydrogen (secondary N) is 1. The molecule has 0 fully saturated rings. The first kappa shape index (κ1) is 17.6. The van der Waals surface area contributed by atoms with E-state index in [1.54, 1.807) is 14.0 Å². The summed E-state index contributed by atoms with van der Waals surface area (Å²) in [6.07, 6.45) is -3.29. The molecule has 0 aliphatic heterocycles. The molecule has 0 aliphatic rings. The molecule has 0 bridgehead atoms. The largest absolute Gasteiger partial charge is 0.448 e. The van der Waals surface area contributed by atoms with Crippen LogP contribution in [0.15, 0.2) is 0 Å². The fraction of sp³-hybridized carbons (Fsp3) is 0.545. The van der Waals surface area contributed by atoms with E-state index < -0.39 is 23.3 Å². The van der Waals surface area contributed by atoms with E-state index in [1.807, 2.05) is 0 Å². The van der Waals surface area contributed by atoms with Crippen LogP contribution in [0.1, 0.15) is 28.0 Å². The number of aromatic nitrogens is 1. The lowest BCUT2D eigenvalue weighted by Crippen LogP contribution is -2.32. The van der Waals surface area contributed by atoms with Crippen LogP contribution in [0.5, 0.6) is 0 Å². The second-order valence-electron chi connectivity index (χ2n) is 3.86. The lowest BCUT2D eigenvalue weighted by molar-refractivity contribution is 0.0911. The van der Waals surface area contributed by atoms with Crippen molar-refractivity contribution in [3.05, 3.63) is 15.0 Å². The fourth-order valence-corrected chi connectivity index (χ4v) is 2.22. The van der Waals surface area contributed by atoms with Crippen molar-refractivity contribution in [3.8, 4) is 0 Å². The fourth-order valence-electron chi connectivity index (χ4n) is 1.16. The Bertz CT molecular complexity index is 513. The number of ether oxygens (including phenoxy) is 1. The van der Waals surface area contributed by atoms with E-state index in [2.05, 4.69) is 10.3 Å². The number of hydrogen-bond donors (Lipinski definition) is 1. The smallest absolute Gasteiger partial charge is 0.409 e. The van der Waals surface area contributed by atoms with Gasteiger partial charge in [-0.2, -0.15) is 0 Å². The molecule has 1 heterocycles. The number of carbonyl (C=O) groups is 2. The summed E-state index contributed by atoms with van der Waals surface area (Å²) in [5.41, 5.74) is 0. The Kier molecular flexibility index (Phi) is 6.76. The molecule has 0 saturated heterocycles. The second-order valence-corrected chi connectivity index (χ2v) is 5.25. The lowest BCUT2D eigenvalue weighted by Gasteiger charge is -2.14. The van der Waals surface area contributed by atoms with Gasteiger partial charge in [-0.25, -0.2) is 18.6 Å². The first-order valence-corrected chi connectivity index (χ1v) is 7.16. The van der Waals surface area contributed by atoms with Gasteiger partial charge in [-0.15, -0.1) is 11.3 Å². The van der Waals surface area contributed by atoms with Crippen LogP contribution in [0.2, 0.25) is 5.15 Å². The molecule has 1 aromatic rings. The summed E-state index contributed by atoms with van der Waals surface area (Å²) in [6, 6.07) is 0. The Balaban J connectivity index is 2.41. The Hall–Kier alpha value is -1.48. The molecule has 21 heavy (non-hydrogen) atoms. The van der Waals surface area contributed by atoms with Gasteiger partial charge < -0.3 is 15.0 Å². The number of halogens is 3. The maximum Gasteiger partial charge on any atom is 0.409 e. The highest BCUT2D eigenvalue weighted by Crippen LogP contribution is 2.32. The molecule has 0 spiro atoms. The third-order valence-corrected chi connectivity index (χ3v) is 3.86. The van der Waals surface area contributed by atoms with Crippen molar-refractivity contribution >= 4 is 34.9 Å². The van der Waals surface area contributed by atoms with Crippen molar-refractivity contribution in [1.29, 1.82) is 0 Å². The van der Waals surface area contributed by atoms with Gasteiger partial charge in [-0.1, -0.05) is 11.6 Å². The average molecular weight is 342 g/mol. The molecule has 2 amide bonds. The summed E-state index contributed by atoms with van der Waals surface area (Å²) >= 11 is 6.03. The van der Waals surface area contributed by atoms with Crippen LogP contribution in [-0.2, 0) is 4.74 Å². The molecule has 1 N–H and O–H groups in total. The van der Waals surface area contributed by atoms with Gasteiger partial charge in [0.1, 0.15) is 16.6 Å². The summed E-state index contributed by atoms with van der Waals surface area (Å²) < 4.78 is 29.9. The van der Waals surface area contributed by atoms with E-state index in [-0.39, 0.29) is 23.3 Å². The van der Waals surface area contributed by atoms with Crippen LogP contribution in [0.4, 0.5) is 13.6 Å². The van der Waals surface area contributed by atoms with Crippen molar-refractivity contribution in [2.75, 3.05) is 26.7 Å². The van der Waals surface area contributed by atoms with E-state index >= 15 is 0 Å². The highest BCUT2D eigenvalue weighted by Gasteiger charge is 2.21. The predicted molar refractivity (Wildman–Crippen MR) is 74.1 cm³/mol. The van der Waals surface area contributed by atoms with Crippen molar-refractivity contribution in [2.24, 2.45) is 0 Å². The zero-order chi connectivity index (χ0) is 16.0. The molecule has 0 aliphatic carbocycles. The van der Waals surface area contributed by atoms with Gasteiger partial charge in [0, 0.05) is 13.6 Å². The van der Waals surface area contributed by atoms with Crippen molar-refractivity contribution < 1.29 is 23.1 Å². The summed E-state index contributed by atoms with van der Waals surface area (Å²) in [7, 11) is 1.57. The van der Waals surface area contributed by atoms with Gasteiger partial charge in [-0.3, -0.25) is 4.79 Å². The van der Waals surface area contributed by atoms with Gasteiger partial charge in [-0.05, 0) is 6.92 Å². The van der Waals surface area contributed by atoms with Gasteiger partial charge in [0.15, 0.2) is 5.01 Å². The lowest BCUT2D eigenvalue weighted by atomic mass is 10.5. The molecular formula is C11H14ClF2N3O3S. The summed E-state index contributed by atoms with van der Waals surface area (Å²) in [4.78, 5) is 27.4. The van der Waals surface area contributed by atoms with Crippen LogP contribution in [0.3, 0.4) is 0 Å². The molecule has 0 aromatic carbocycles. The zero-order valence-corrected chi connectivity index (χ0v) is 12.9. The Labute approximate surface area is 129 Å². The highest BCUT2D eigenvalue weighted by molar-refractivity contribution is 7.14. The van der Waals surface area contributed by atoms with Crippen LogP contribution in [-0.4, -0.2) is 48.6 Å². The van der Waals surface area contributed by atoms with E-state index in [4.69, 9.17) is 16.3 Å². The SMILES string of the molecule is CCN(C)C(=O)OCCNC(=O)c1nc(Cl)c(C(F)F)s1. The van der Waals surface area contributed by atoms with Crippen LogP contribution in [0, 0.1) is 0 Å². The number of alkyl halides is 2. The minimum atomic E-state index is -2.78. The quantitative estimate of drug-likeness (QED) is 0.807. The van der Waals surface area contributed by atoms with Gasteiger partial charge in [0.05, 0.1) is 6.54 Å². The highest BCUT2D eigenvalue weighted by atomic mass is 35.5.